The molecular weight excluding hydrogens is 156 g/mol. The third kappa shape index (κ3) is 1.60. The molecule has 1 rings (SSSR count). The number of hydrogen-bond donors (Lipinski definition) is 2. The average molecular weight is 164 g/mol. The van der Waals surface area contributed by atoms with E-state index in [1.807, 2.05) is 0 Å². The van der Waals surface area contributed by atoms with Gasteiger partial charge >= 0.3 is 0 Å². The first kappa shape index (κ1) is 8.26. The number of hydrogen-bond acceptors (Lipinski definition) is 3. The summed E-state index contributed by atoms with van der Waals surface area (Å²) in [5.74, 6) is 0. The van der Waals surface area contributed by atoms with Crippen molar-refractivity contribution in [2.75, 3.05) is 11.1 Å². The monoisotopic (exact) mass is 164 g/mol. The van der Waals surface area contributed by atoms with Crippen molar-refractivity contribution >= 4 is 24.1 Å². The fraction of sp³-hybridized carbons (Fsp3) is 0. The van der Waals surface area contributed by atoms with Gasteiger partial charge in [0.25, 0.3) is 0 Å². The average Bonchev–Trinajstić information content (AvgIpc) is 2.08. The largest absolute Gasteiger partial charge is 0.399 e. The van der Waals surface area contributed by atoms with Gasteiger partial charge in [-0.3, -0.25) is 9.59 Å². The van der Waals surface area contributed by atoms with Crippen LogP contribution in [0.5, 0.6) is 0 Å². The summed E-state index contributed by atoms with van der Waals surface area (Å²) in [6.07, 6.45) is 1.15. The van der Waals surface area contributed by atoms with Crippen LogP contribution >= 0.6 is 0 Å². The molecule has 0 aliphatic carbocycles. The summed E-state index contributed by atoms with van der Waals surface area (Å²) in [6, 6.07) is 4.69. The van der Waals surface area contributed by atoms with Crippen LogP contribution in [0.4, 0.5) is 11.4 Å². The Balaban J connectivity index is 3.10. The van der Waals surface area contributed by atoms with E-state index in [1.54, 1.807) is 12.1 Å². The Hall–Kier alpha value is -1.84. The number of nitrogens with two attached hydrogens (primary N) is 1. The first-order valence-corrected chi connectivity index (χ1v) is 3.33. The van der Waals surface area contributed by atoms with Crippen molar-refractivity contribution < 1.29 is 9.59 Å². The van der Waals surface area contributed by atoms with Gasteiger partial charge in [0, 0.05) is 11.3 Å². The lowest BCUT2D eigenvalue weighted by atomic mass is 10.2. The predicted octanol–water partition coefficient (Wildman–Crippen LogP) is 0.650. The number of anilines is 2. The molecule has 0 heterocycles. The van der Waals surface area contributed by atoms with E-state index >= 15 is 0 Å². The van der Waals surface area contributed by atoms with Gasteiger partial charge in [-0.25, -0.2) is 0 Å². The van der Waals surface area contributed by atoms with Crippen molar-refractivity contribution in [2.24, 2.45) is 0 Å². The Kier molecular flexibility index (Phi) is 2.42. The minimum atomic E-state index is 0.377. The van der Waals surface area contributed by atoms with Gasteiger partial charge in [-0.15, -0.1) is 0 Å². The zero-order chi connectivity index (χ0) is 8.97. The fourth-order valence-electron chi connectivity index (χ4n) is 0.874. The standard InChI is InChI=1S/C8H8N2O2/c9-7-1-2-8(10-5-12)6(3-7)4-11/h1-5H,9H2,(H,10,12). The first-order valence-electron chi connectivity index (χ1n) is 3.33. The molecule has 1 aromatic carbocycles. The molecule has 0 spiro atoms. The molecule has 0 saturated heterocycles. The van der Waals surface area contributed by atoms with Crippen molar-refractivity contribution in [2.45, 2.75) is 0 Å². The van der Waals surface area contributed by atoms with E-state index in [2.05, 4.69) is 5.32 Å². The summed E-state index contributed by atoms with van der Waals surface area (Å²) in [7, 11) is 0. The van der Waals surface area contributed by atoms with Crippen LogP contribution in [0, 0.1) is 0 Å². The van der Waals surface area contributed by atoms with E-state index in [0.717, 1.165) is 0 Å². The summed E-state index contributed by atoms with van der Waals surface area (Å²) < 4.78 is 0. The second-order valence-corrected chi connectivity index (χ2v) is 2.23. The molecule has 0 atom stereocenters. The molecule has 12 heavy (non-hydrogen) atoms. The molecule has 0 unspecified atom stereocenters. The van der Waals surface area contributed by atoms with Crippen LogP contribution in [0.3, 0.4) is 0 Å². The van der Waals surface area contributed by atoms with Crippen LogP contribution < -0.4 is 11.1 Å². The Labute approximate surface area is 69.4 Å². The van der Waals surface area contributed by atoms with E-state index in [1.165, 1.54) is 6.07 Å². The van der Waals surface area contributed by atoms with Crippen molar-refractivity contribution in [1.82, 2.24) is 0 Å². The van der Waals surface area contributed by atoms with E-state index in [-0.39, 0.29) is 0 Å². The molecule has 0 aliphatic rings. The Morgan fingerprint density at radius 1 is 1.33 bits per heavy atom. The Bertz CT molecular complexity index is 310. The molecule has 1 aromatic rings. The second kappa shape index (κ2) is 3.52. The van der Waals surface area contributed by atoms with Crippen molar-refractivity contribution in [3.8, 4) is 0 Å². The highest BCUT2D eigenvalue weighted by Crippen LogP contribution is 2.15. The minimum Gasteiger partial charge on any atom is -0.399 e. The van der Waals surface area contributed by atoms with Crippen molar-refractivity contribution in [1.29, 1.82) is 0 Å². The third-order valence-electron chi connectivity index (χ3n) is 1.42. The number of rotatable bonds is 3. The van der Waals surface area contributed by atoms with Gasteiger partial charge in [-0.1, -0.05) is 0 Å². The number of carbonyl (C=O) groups excluding carboxylic acids is 2. The predicted molar refractivity (Wildman–Crippen MR) is 45.9 cm³/mol. The summed E-state index contributed by atoms with van der Waals surface area (Å²) >= 11 is 0. The normalized spacial score (nSPS) is 9.00. The van der Waals surface area contributed by atoms with Gasteiger partial charge in [0.05, 0.1) is 5.69 Å². The van der Waals surface area contributed by atoms with Gasteiger partial charge in [0.15, 0.2) is 6.29 Å². The van der Waals surface area contributed by atoms with Crippen LogP contribution in [0.25, 0.3) is 0 Å². The first-order chi connectivity index (χ1) is 5.77. The number of amides is 1. The lowest BCUT2D eigenvalue weighted by molar-refractivity contribution is -0.105. The van der Waals surface area contributed by atoms with Crippen LogP contribution in [-0.2, 0) is 4.79 Å². The highest BCUT2D eigenvalue weighted by molar-refractivity contribution is 5.89. The molecule has 0 aliphatic heterocycles. The highest BCUT2D eigenvalue weighted by Gasteiger charge is 1.99. The van der Waals surface area contributed by atoms with E-state index in [0.29, 0.717) is 29.6 Å². The van der Waals surface area contributed by atoms with Gasteiger partial charge in [0.1, 0.15) is 0 Å². The molecule has 1 amide bonds. The highest BCUT2D eigenvalue weighted by atomic mass is 16.1. The Morgan fingerprint density at radius 3 is 2.67 bits per heavy atom. The van der Waals surface area contributed by atoms with Crippen LogP contribution in [0.2, 0.25) is 0 Å². The smallest absolute Gasteiger partial charge is 0.211 e. The SMILES string of the molecule is Nc1ccc(NC=O)c(C=O)c1. The number of aldehydes is 1. The van der Waals surface area contributed by atoms with Gasteiger partial charge in [-0.05, 0) is 18.2 Å². The molecule has 0 fully saturated rings. The summed E-state index contributed by atoms with van der Waals surface area (Å²) in [5, 5.41) is 2.39. The molecule has 62 valence electrons. The zero-order valence-electron chi connectivity index (χ0n) is 6.28. The number of nitrogens with one attached hydrogen (secondary N) is 1. The number of benzene rings is 1. The molecule has 0 radical (unpaired) electrons. The second-order valence-electron chi connectivity index (χ2n) is 2.23. The number of nitrogen functional groups attached to an aromatic ring is 1. The lowest BCUT2D eigenvalue weighted by Crippen LogP contribution is -1.99. The minimum absolute atomic E-state index is 0.377. The number of carbonyl (C=O) groups is 2. The molecule has 4 nitrogen and oxygen atoms in total. The topological polar surface area (TPSA) is 72.2 Å². The summed E-state index contributed by atoms with van der Waals surface area (Å²) in [4.78, 5) is 20.5. The summed E-state index contributed by atoms with van der Waals surface area (Å²) in [5.41, 5.74) is 6.76. The van der Waals surface area contributed by atoms with Crippen LogP contribution in [0.15, 0.2) is 18.2 Å². The lowest BCUT2D eigenvalue weighted by Gasteiger charge is -2.02. The Morgan fingerprint density at radius 2 is 2.08 bits per heavy atom. The zero-order valence-corrected chi connectivity index (χ0v) is 6.28. The van der Waals surface area contributed by atoms with Gasteiger partial charge in [-0.2, -0.15) is 0 Å². The van der Waals surface area contributed by atoms with Gasteiger partial charge in [0.2, 0.25) is 6.41 Å². The molecule has 4 heteroatoms. The maximum absolute atomic E-state index is 10.4. The van der Waals surface area contributed by atoms with Crippen LogP contribution in [-0.4, -0.2) is 12.7 Å². The maximum Gasteiger partial charge on any atom is 0.211 e. The molecule has 0 aromatic heterocycles. The van der Waals surface area contributed by atoms with Crippen molar-refractivity contribution in [3.05, 3.63) is 23.8 Å². The maximum atomic E-state index is 10.4. The third-order valence-corrected chi connectivity index (χ3v) is 1.42. The summed E-state index contributed by atoms with van der Waals surface area (Å²) in [6.45, 7) is 0. The molecule has 3 N–H and O–H groups in total. The molecular formula is C8H8N2O2. The van der Waals surface area contributed by atoms with Crippen LogP contribution in [0.1, 0.15) is 10.4 Å². The molecule has 0 saturated carbocycles. The van der Waals surface area contributed by atoms with Gasteiger partial charge < -0.3 is 11.1 Å². The fourth-order valence-corrected chi connectivity index (χ4v) is 0.874. The molecule has 0 bridgehead atoms. The van der Waals surface area contributed by atoms with E-state index < -0.39 is 0 Å². The van der Waals surface area contributed by atoms with E-state index in [9.17, 15) is 9.59 Å². The van der Waals surface area contributed by atoms with E-state index in [4.69, 9.17) is 5.73 Å². The quantitative estimate of drug-likeness (QED) is 0.509. The van der Waals surface area contributed by atoms with Crippen molar-refractivity contribution in [3.63, 3.8) is 0 Å².